The van der Waals surface area contributed by atoms with E-state index in [-0.39, 0.29) is 11.9 Å². The third kappa shape index (κ3) is 5.94. The smallest absolute Gasteiger partial charge is 0.159 e. The predicted molar refractivity (Wildman–Crippen MR) is 121 cm³/mol. The maximum absolute atomic E-state index is 14.2. The van der Waals surface area contributed by atoms with Gasteiger partial charge in [0, 0.05) is 23.5 Å². The van der Waals surface area contributed by atoms with Crippen LogP contribution in [0.15, 0.2) is 73.6 Å². The van der Waals surface area contributed by atoms with Crippen LogP contribution in [0.25, 0.3) is 28.6 Å². The van der Waals surface area contributed by atoms with E-state index in [1.807, 2.05) is 37.3 Å². The number of aliphatic hydroxyl groups is 1. The van der Waals surface area contributed by atoms with Gasteiger partial charge in [-0.15, -0.1) is 6.58 Å². The second kappa shape index (κ2) is 10.6. The number of nitrogens with zero attached hydrogens (tertiary/aromatic N) is 2. The number of unbranched alkanes of at least 4 members (excludes halogenated alkanes) is 1. The molecule has 0 aliphatic rings. The summed E-state index contributed by atoms with van der Waals surface area (Å²) >= 11 is 0. The molecule has 1 unspecified atom stereocenters. The highest BCUT2D eigenvalue weighted by Crippen LogP contribution is 2.23. The summed E-state index contributed by atoms with van der Waals surface area (Å²) in [5.41, 5.74) is 4.20. The second-order valence-electron chi connectivity index (χ2n) is 7.40. The van der Waals surface area contributed by atoms with Crippen molar-refractivity contribution in [1.29, 1.82) is 0 Å². The van der Waals surface area contributed by atoms with E-state index in [2.05, 4.69) is 28.7 Å². The number of hydrogen-bond donors (Lipinski definition) is 1. The quantitative estimate of drug-likeness (QED) is 0.340. The van der Waals surface area contributed by atoms with Crippen molar-refractivity contribution in [2.75, 3.05) is 0 Å². The van der Waals surface area contributed by atoms with E-state index in [1.54, 1.807) is 24.5 Å². The molecule has 0 fully saturated rings. The van der Waals surface area contributed by atoms with Crippen LogP contribution >= 0.6 is 0 Å². The maximum atomic E-state index is 14.2. The molecule has 154 valence electrons. The molecule has 3 nitrogen and oxygen atoms in total. The lowest BCUT2D eigenvalue weighted by molar-refractivity contribution is 0.182. The molecule has 0 amide bonds. The highest BCUT2D eigenvalue weighted by Gasteiger charge is 2.07. The maximum Gasteiger partial charge on any atom is 0.159 e. The van der Waals surface area contributed by atoms with Gasteiger partial charge in [-0.3, -0.25) is 0 Å². The lowest BCUT2D eigenvalue weighted by atomic mass is 10.0. The number of halogens is 1. The Hall–Kier alpha value is -3.11. The van der Waals surface area contributed by atoms with E-state index in [0.717, 1.165) is 41.5 Å². The zero-order chi connectivity index (χ0) is 21.3. The van der Waals surface area contributed by atoms with E-state index in [9.17, 15) is 9.50 Å². The molecule has 0 saturated carbocycles. The van der Waals surface area contributed by atoms with Crippen LogP contribution in [0, 0.1) is 5.82 Å². The van der Waals surface area contributed by atoms with E-state index in [4.69, 9.17) is 0 Å². The average molecular weight is 403 g/mol. The number of aliphatic hydroxyl groups excluding tert-OH is 1. The number of benzene rings is 2. The van der Waals surface area contributed by atoms with Gasteiger partial charge in [0.05, 0.1) is 6.10 Å². The molecule has 30 heavy (non-hydrogen) atoms. The Kier molecular flexibility index (Phi) is 7.63. The molecule has 1 heterocycles. The van der Waals surface area contributed by atoms with E-state index in [0.29, 0.717) is 17.8 Å². The van der Waals surface area contributed by atoms with Crippen LogP contribution in [0.5, 0.6) is 0 Å². The van der Waals surface area contributed by atoms with Crippen LogP contribution < -0.4 is 0 Å². The number of hydrogen-bond acceptors (Lipinski definition) is 3. The fraction of sp³-hybridized carbons (Fsp3) is 0.231. The Morgan fingerprint density at radius 3 is 2.37 bits per heavy atom. The number of rotatable bonds is 9. The summed E-state index contributed by atoms with van der Waals surface area (Å²) in [5.74, 6) is 0.390. The highest BCUT2D eigenvalue weighted by atomic mass is 19.1. The minimum absolute atomic E-state index is 0.236. The van der Waals surface area contributed by atoms with Gasteiger partial charge in [0.1, 0.15) is 5.82 Å². The lowest BCUT2D eigenvalue weighted by Crippen LogP contribution is -1.97. The van der Waals surface area contributed by atoms with Gasteiger partial charge in [-0.1, -0.05) is 54.6 Å². The predicted octanol–water partition coefficient (Wildman–Crippen LogP) is 6.24. The Balaban J connectivity index is 1.65. The summed E-state index contributed by atoms with van der Waals surface area (Å²) in [5, 5.41) is 9.28. The fourth-order valence-corrected chi connectivity index (χ4v) is 3.17. The molecule has 0 saturated heterocycles. The normalized spacial score (nSPS) is 12.2. The topological polar surface area (TPSA) is 46.0 Å². The van der Waals surface area contributed by atoms with Crippen molar-refractivity contribution in [3.8, 4) is 22.5 Å². The van der Waals surface area contributed by atoms with Gasteiger partial charge < -0.3 is 5.11 Å². The number of allylic oxidation sites excluding steroid dienone is 2. The molecule has 0 aliphatic heterocycles. The zero-order valence-electron chi connectivity index (χ0n) is 17.3. The largest absolute Gasteiger partial charge is 0.393 e. The Morgan fingerprint density at radius 1 is 1.03 bits per heavy atom. The van der Waals surface area contributed by atoms with Crippen LogP contribution in [0.3, 0.4) is 0 Å². The molecule has 4 heteroatoms. The molecular formula is C26H27FN2O. The van der Waals surface area contributed by atoms with Gasteiger partial charge in [0.15, 0.2) is 5.82 Å². The fourth-order valence-electron chi connectivity index (χ4n) is 3.17. The van der Waals surface area contributed by atoms with Gasteiger partial charge in [0.25, 0.3) is 0 Å². The van der Waals surface area contributed by atoms with Gasteiger partial charge in [0.2, 0.25) is 0 Å². The number of aromatic nitrogens is 2. The minimum atomic E-state index is -0.244. The molecular weight excluding hydrogens is 375 g/mol. The molecule has 3 aromatic rings. The van der Waals surface area contributed by atoms with Crippen molar-refractivity contribution < 1.29 is 9.50 Å². The van der Waals surface area contributed by atoms with E-state index < -0.39 is 0 Å². The Bertz CT molecular complexity index is 993. The zero-order valence-corrected chi connectivity index (χ0v) is 17.3. The lowest BCUT2D eigenvalue weighted by Gasteiger charge is -2.06. The van der Waals surface area contributed by atoms with Gasteiger partial charge >= 0.3 is 0 Å². The average Bonchev–Trinajstić information content (AvgIpc) is 2.75. The van der Waals surface area contributed by atoms with Gasteiger partial charge in [-0.2, -0.15) is 0 Å². The molecule has 2 aromatic carbocycles. The molecule has 1 N–H and O–H groups in total. The summed E-state index contributed by atoms with van der Waals surface area (Å²) in [7, 11) is 0. The summed E-state index contributed by atoms with van der Waals surface area (Å²) in [6.45, 7) is 5.47. The van der Waals surface area contributed by atoms with Crippen LogP contribution in [-0.4, -0.2) is 21.2 Å². The molecule has 3 rings (SSSR count). The molecule has 0 bridgehead atoms. The van der Waals surface area contributed by atoms with Crippen molar-refractivity contribution in [3.63, 3.8) is 0 Å². The first-order valence-electron chi connectivity index (χ1n) is 10.2. The highest BCUT2D eigenvalue weighted by molar-refractivity contribution is 5.65. The molecule has 0 aliphatic carbocycles. The first kappa shape index (κ1) is 21.6. The first-order chi connectivity index (χ1) is 14.6. The second-order valence-corrected chi connectivity index (χ2v) is 7.40. The van der Waals surface area contributed by atoms with E-state index in [1.165, 1.54) is 6.07 Å². The molecule has 1 atom stereocenters. The summed E-state index contributed by atoms with van der Waals surface area (Å²) in [6, 6.07) is 13.2. The third-order valence-corrected chi connectivity index (χ3v) is 4.87. The summed E-state index contributed by atoms with van der Waals surface area (Å²) < 4.78 is 14.2. The standard InChI is InChI=1S/C26H27FN2O/c1-3-7-21-14-15-23(16-25(21)27)24-17-28-26(29-18-24)22-12-10-20(11-13-22)9-6-4-5-8-19(2)30/h3,6,9-19,30H,1,4-5,7-8H2,2H3/b9-6+. The minimum Gasteiger partial charge on any atom is -0.393 e. The monoisotopic (exact) mass is 402 g/mol. The SMILES string of the molecule is C=CCc1ccc(-c2cnc(-c3ccc(/C=C/CCCC(C)O)cc3)nc2)cc1F. The summed E-state index contributed by atoms with van der Waals surface area (Å²) in [6.07, 6.45) is 12.4. The van der Waals surface area contributed by atoms with E-state index >= 15 is 0 Å². The molecule has 1 aromatic heterocycles. The van der Waals surface area contributed by atoms with Crippen molar-refractivity contribution >= 4 is 6.08 Å². The first-order valence-corrected chi connectivity index (χ1v) is 10.2. The van der Waals surface area contributed by atoms with Gasteiger partial charge in [-0.25, -0.2) is 14.4 Å². The molecule has 0 radical (unpaired) electrons. The van der Waals surface area contributed by atoms with Crippen LogP contribution in [-0.2, 0) is 6.42 Å². The van der Waals surface area contributed by atoms with Crippen LogP contribution in [0.4, 0.5) is 4.39 Å². The Labute approximate surface area is 177 Å². The summed E-state index contributed by atoms with van der Waals surface area (Å²) in [4.78, 5) is 8.91. The van der Waals surface area contributed by atoms with Gasteiger partial charge in [-0.05, 0) is 55.4 Å². The third-order valence-electron chi connectivity index (χ3n) is 4.87. The molecule has 0 spiro atoms. The van der Waals surface area contributed by atoms with Crippen molar-refractivity contribution in [3.05, 3.63) is 90.5 Å². The van der Waals surface area contributed by atoms with Crippen molar-refractivity contribution in [1.82, 2.24) is 9.97 Å². The Morgan fingerprint density at radius 2 is 1.73 bits per heavy atom. The van der Waals surface area contributed by atoms with Crippen molar-refractivity contribution in [2.24, 2.45) is 0 Å². The van der Waals surface area contributed by atoms with Crippen molar-refractivity contribution in [2.45, 2.75) is 38.7 Å². The van der Waals surface area contributed by atoms with Crippen LogP contribution in [0.2, 0.25) is 0 Å². The van der Waals surface area contributed by atoms with Crippen LogP contribution in [0.1, 0.15) is 37.3 Å².